The number of hydrogen-bond acceptors (Lipinski definition) is 7. The molecule has 0 atom stereocenters. The maximum atomic E-state index is 5.56. The highest BCUT2D eigenvalue weighted by molar-refractivity contribution is 5.39. The van der Waals surface area contributed by atoms with Crippen molar-refractivity contribution in [2.45, 2.75) is 32.7 Å². The SMILES string of the molecule is CCCOc1nc(NC)nc(N2CCN(C)C(C)(C)C2)n1. The summed E-state index contributed by atoms with van der Waals surface area (Å²) in [6.45, 7) is 9.90. The minimum absolute atomic E-state index is 0.0924. The van der Waals surface area contributed by atoms with Crippen LogP contribution in [0, 0.1) is 0 Å². The molecular formula is C14H26N6O. The summed E-state index contributed by atoms with van der Waals surface area (Å²) < 4.78 is 5.56. The minimum Gasteiger partial charge on any atom is -0.463 e. The van der Waals surface area contributed by atoms with Gasteiger partial charge in [0.15, 0.2) is 0 Å². The van der Waals surface area contributed by atoms with Crippen LogP contribution in [0.2, 0.25) is 0 Å². The van der Waals surface area contributed by atoms with Crippen molar-refractivity contribution in [2.75, 3.05) is 50.6 Å². The molecule has 0 aromatic carbocycles. The summed E-state index contributed by atoms with van der Waals surface area (Å²) in [5.41, 5.74) is 0.0924. The Bertz CT molecular complexity index is 479. The Morgan fingerprint density at radius 3 is 2.62 bits per heavy atom. The zero-order valence-corrected chi connectivity index (χ0v) is 13.7. The van der Waals surface area contributed by atoms with E-state index in [1.54, 1.807) is 7.05 Å². The molecule has 7 heteroatoms. The Hall–Kier alpha value is -1.63. The molecule has 1 aliphatic rings. The van der Waals surface area contributed by atoms with Crippen LogP contribution < -0.4 is 15.0 Å². The fourth-order valence-corrected chi connectivity index (χ4v) is 2.27. The lowest BCUT2D eigenvalue weighted by Gasteiger charge is -2.45. The fourth-order valence-electron chi connectivity index (χ4n) is 2.27. The lowest BCUT2D eigenvalue weighted by Crippen LogP contribution is -2.58. The maximum Gasteiger partial charge on any atom is 0.323 e. The Morgan fingerprint density at radius 1 is 1.24 bits per heavy atom. The number of piperazine rings is 1. The van der Waals surface area contributed by atoms with E-state index in [1.807, 2.05) is 0 Å². The molecule has 1 N–H and O–H groups in total. The molecule has 0 bridgehead atoms. The van der Waals surface area contributed by atoms with E-state index < -0.39 is 0 Å². The summed E-state index contributed by atoms with van der Waals surface area (Å²) >= 11 is 0. The molecule has 0 aliphatic carbocycles. The molecule has 0 unspecified atom stereocenters. The van der Waals surface area contributed by atoms with Gasteiger partial charge in [-0.15, -0.1) is 0 Å². The average Bonchev–Trinajstić information content (AvgIpc) is 2.47. The highest BCUT2D eigenvalue weighted by atomic mass is 16.5. The summed E-state index contributed by atoms with van der Waals surface area (Å²) in [4.78, 5) is 17.7. The maximum absolute atomic E-state index is 5.56. The van der Waals surface area contributed by atoms with E-state index in [9.17, 15) is 0 Å². The third kappa shape index (κ3) is 3.72. The zero-order chi connectivity index (χ0) is 15.5. The Morgan fingerprint density at radius 2 is 2.00 bits per heavy atom. The van der Waals surface area contributed by atoms with Crippen molar-refractivity contribution in [2.24, 2.45) is 0 Å². The average molecular weight is 294 g/mol. The quantitative estimate of drug-likeness (QED) is 0.876. The molecule has 1 saturated heterocycles. The number of hydrogen-bond donors (Lipinski definition) is 1. The van der Waals surface area contributed by atoms with Crippen LogP contribution >= 0.6 is 0 Å². The van der Waals surface area contributed by atoms with Crippen molar-refractivity contribution >= 4 is 11.9 Å². The summed E-state index contributed by atoms with van der Waals surface area (Å²) in [5.74, 6) is 1.23. The van der Waals surface area contributed by atoms with Crippen molar-refractivity contribution < 1.29 is 4.74 Å². The fraction of sp³-hybridized carbons (Fsp3) is 0.786. The Labute approximate surface area is 126 Å². The molecular weight excluding hydrogens is 268 g/mol. The monoisotopic (exact) mass is 294 g/mol. The van der Waals surface area contributed by atoms with Gasteiger partial charge in [-0.05, 0) is 27.3 Å². The first-order valence-corrected chi connectivity index (χ1v) is 7.49. The molecule has 0 spiro atoms. The first-order valence-electron chi connectivity index (χ1n) is 7.49. The first-order chi connectivity index (χ1) is 9.96. The van der Waals surface area contributed by atoms with E-state index in [1.165, 1.54) is 0 Å². The van der Waals surface area contributed by atoms with Crippen LogP contribution in [0.4, 0.5) is 11.9 Å². The van der Waals surface area contributed by atoms with Crippen LogP contribution in [0.3, 0.4) is 0 Å². The first kappa shape index (κ1) is 15.8. The number of nitrogens with one attached hydrogen (secondary N) is 1. The minimum atomic E-state index is 0.0924. The van der Waals surface area contributed by atoms with Gasteiger partial charge in [0, 0.05) is 32.2 Å². The largest absolute Gasteiger partial charge is 0.463 e. The van der Waals surface area contributed by atoms with E-state index in [-0.39, 0.29) is 5.54 Å². The van der Waals surface area contributed by atoms with Crippen LogP contribution in [-0.2, 0) is 0 Å². The van der Waals surface area contributed by atoms with Gasteiger partial charge in [-0.1, -0.05) is 6.92 Å². The molecule has 118 valence electrons. The zero-order valence-electron chi connectivity index (χ0n) is 13.7. The van der Waals surface area contributed by atoms with Crippen molar-refractivity contribution in [1.82, 2.24) is 19.9 Å². The third-order valence-corrected chi connectivity index (χ3v) is 3.86. The van der Waals surface area contributed by atoms with Crippen LogP contribution in [-0.4, -0.2) is 65.7 Å². The second-order valence-electron chi connectivity index (χ2n) is 6.00. The summed E-state index contributed by atoms with van der Waals surface area (Å²) in [6, 6.07) is 0.392. The molecule has 21 heavy (non-hydrogen) atoms. The van der Waals surface area contributed by atoms with E-state index in [4.69, 9.17) is 4.74 Å². The van der Waals surface area contributed by atoms with Gasteiger partial charge >= 0.3 is 6.01 Å². The number of nitrogens with zero attached hydrogens (tertiary/aromatic N) is 5. The van der Waals surface area contributed by atoms with E-state index in [0.29, 0.717) is 24.5 Å². The summed E-state index contributed by atoms with van der Waals surface area (Å²) in [5, 5.41) is 2.97. The molecule has 2 rings (SSSR count). The van der Waals surface area contributed by atoms with E-state index >= 15 is 0 Å². The number of anilines is 2. The second-order valence-corrected chi connectivity index (χ2v) is 6.00. The van der Waals surface area contributed by atoms with Gasteiger partial charge in [0.05, 0.1) is 6.61 Å². The molecule has 2 heterocycles. The number of ether oxygens (including phenoxy) is 1. The third-order valence-electron chi connectivity index (χ3n) is 3.86. The summed E-state index contributed by atoms with van der Waals surface area (Å²) in [6.07, 6.45) is 0.928. The molecule has 7 nitrogen and oxygen atoms in total. The highest BCUT2D eigenvalue weighted by Gasteiger charge is 2.32. The van der Waals surface area contributed by atoms with E-state index in [2.05, 4.69) is 57.9 Å². The molecule has 1 aromatic rings. The molecule has 0 saturated carbocycles. The van der Waals surface area contributed by atoms with Gasteiger partial charge in [-0.25, -0.2) is 0 Å². The molecule has 1 fully saturated rings. The molecule has 0 amide bonds. The van der Waals surface area contributed by atoms with Crippen molar-refractivity contribution in [3.63, 3.8) is 0 Å². The van der Waals surface area contributed by atoms with E-state index in [0.717, 1.165) is 26.1 Å². The highest BCUT2D eigenvalue weighted by Crippen LogP contribution is 2.23. The lowest BCUT2D eigenvalue weighted by atomic mass is 10.0. The molecule has 1 aliphatic heterocycles. The van der Waals surface area contributed by atoms with Gasteiger partial charge in [0.2, 0.25) is 11.9 Å². The normalized spacial score (nSPS) is 18.6. The number of aromatic nitrogens is 3. The lowest BCUT2D eigenvalue weighted by molar-refractivity contribution is 0.138. The smallest absolute Gasteiger partial charge is 0.323 e. The van der Waals surface area contributed by atoms with Gasteiger partial charge in [-0.3, -0.25) is 4.90 Å². The van der Waals surface area contributed by atoms with Crippen LogP contribution in [0.25, 0.3) is 0 Å². The molecule has 0 radical (unpaired) electrons. The predicted octanol–water partition coefficient (Wildman–Crippen LogP) is 1.23. The second kappa shape index (κ2) is 6.43. The Balaban J connectivity index is 2.22. The molecule has 1 aromatic heterocycles. The van der Waals surface area contributed by atoms with Gasteiger partial charge < -0.3 is 15.0 Å². The van der Waals surface area contributed by atoms with Gasteiger partial charge in [0.1, 0.15) is 0 Å². The van der Waals surface area contributed by atoms with Crippen molar-refractivity contribution in [3.8, 4) is 6.01 Å². The number of rotatable bonds is 5. The number of likely N-dealkylation sites (N-methyl/N-ethyl adjacent to an activating group) is 1. The standard InChI is InChI=1S/C14H26N6O/c1-6-9-21-13-17-11(15-4)16-12(18-13)20-8-7-19(5)14(2,3)10-20/h6-10H2,1-5H3,(H,15,16,17,18). The Kier molecular flexibility index (Phi) is 4.82. The topological polar surface area (TPSA) is 66.4 Å². The van der Waals surface area contributed by atoms with Crippen molar-refractivity contribution in [1.29, 1.82) is 0 Å². The van der Waals surface area contributed by atoms with Gasteiger partial charge in [0.25, 0.3) is 0 Å². The van der Waals surface area contributed by atoms with Crippen molar-refractivity contribution in [3.05, 3.63) is 0 Å². The van der Waals surface area contributed by atoms with Crippen LogP contribution in [0.15, 0.2) is 0 Å². The summed E-state index contributed by atoms with van der Waals surface area (Å²) in [7, 11) is 3.95. The van der Waals surface area contributed by atoms with Gasteiger partial charge in [-0.2, -0.15) is 15.0 Å². The van der Waals surface area contributed by atoms with Crippen LogP contribution in [0.5, 0.6) is 6.01 Å². The predicted molar refractivity (Wildman–Crippen MR) is 84.1 cm³/mol. The van der Waals surface area contributed by atoms with Crippen LogP contribution in [0.1, 0.15) is 27.2 Å².